The minimum Gasteiger partial charge on any atom is -0.490 e. The van der Waals surface area contributed by atoms with E-state index >= 15 is 0 Å². The Morgan fingerprint density at radius 1 is 1.12 bits per heavy atom. The summed E-state index contributed by atoms with van der Waals surface area (Å²) in [7, 11) is 3.75. The van der Waals surface area contributed by atoms with Gasteiger partial charge in [-0.3, -0.25) is 0 Å². The van der Waals surface area contributed by atoms with Crippen molar-refractivity contribution in [2.75, 3.05) is 37.9 Å². The quantitative estimate of drug-likeness (QED) is 0.845. The highest BCUT2D eigenvalue weighted by Gasteiger charge is 2.17. The van der Waals surface area contributed by atoms with Crippen LogP contribution in [-0.2, 0) is 0 Å². The first kappa shape index (κ1) is 16.6. The summed E-state index contributed by atoms with van der Waals surface area (Å²) in [5.74, 6) is 3.03. The summed E-state index contributed by atoms with van der Waals surface area (Å²) < 4.78 is 11.4. The summed E-state index contributed by atoms with van der Waals surface area (Å²) in [6.07, 6.45) is 0.894. The van der Waals surface area contributed by atoms with Gasteiger partial charge >= 0.3 is 0 Å². The molecule has 1 aliphatic heterocycles. The average Bonchev–Trinajstić information content (AvgIpc) is 2.79. The van der Waals surface area contributed by atoms with Gasteiger partial charge in [0.25, 0.3) is 0 Å². The Morgan fingerprint density at radius 2 is 1.88 bits per heavy atom. The minimum atomic E-state index is 0.0266. The van der Waals surface area contributed by atoms with Crippen LogP contribution in [0.1, 0.15) is 24.4 Å². The van der Waals surface area contributed by atoms with Crippen LogP contribution in [0.4, 0.5) is 11.9 Å². The molecule has 1 unspecified atom stereocenters. The summed E-state index contributed by atoms with van der Waals surface area (Å²) in [6.45, 7) is 3.40. The molecule has 0 saturated heterocycles. The standard InChI is InChI=1S/C16H21N5O2S/c1-10(14-18-15(17)20-16(19-14)21(2)3)24-11-5-6-12-13(9-11)23-8-4-7-22-12/h5-6,9-10H,4,7-8H2,1-3H3,(H2,17,18,19,20). The minimum absolute atomic E-state index is 0.0266. The van der Waals surface area contributed by atoms with Gasteiger partial charge in [0, 0.05) is 25.4 Å². The van der Waals surface area contributed by atoms with E-state index in [-0.39, 0.29) is 11.2 Å². The monoisotopic (exact) mass is 347 g/mol. The number of benzene rings is 1. The number of thioether (sulfide) groups is 1. The Balaban J connectivity index is 1.80. The molecule has 0 aliphatic carbocycles. The third-order valence-electron chi connectivity index (χ3n) is 3.45. The molecule has 0 amide bonds. The molecule has 0 radical (unpaired) electrons. The van der Waals surface area contributed by atoms with Gasteiger partial charge in [-0.1, -0.05) is 0 Å². The van der Waals surface area contributed by atoms with Crippen molar-refractivity contribution < 1.29 is 9.47 Å². The molecule has 0 bridgehead atoms. The maximum atomic E-state index is 5.80. The lowest BCUT2D eigenvalue weighted by Gasteiger charge is -2.15. The summed E-state index contributed by atoms with van der Waals surface area (Å²) in [5, 5.41) is 0.0266. The molecule has 7 nitrogen and oxygen atoms in total. The van der Waals surface area contributed by atoms with Crippen molar-refractivity contribution in [3.8, 4) is 11.5 Å². The first-order chi connectivity index (χ1) is 11.5. The van der Waals surface area contributed by atoms with Gasteiger partial charge in [-0.05, 0) is 25.1 Å². The van der Waals surface area contributed by atoms with Gasteiger partial charge in [0.2, 0.25) is 11.9 Å². The van der Waals surface area contributed by atoms with E-state index in [4.69, 9.17) is 15.2 Å². The number of nitrogens with zero attached hydrogens (tertiary/aromatic N) is 4. The van der Waals surface area contributed by atoms with E-state index in [0.717, 1.165) is 22.8 Å². The number of nitrogens with two attached hydrogens (primary N) is 1. The molecule has 8 heteroatoms. The summed E-state index contributed by atoms with van der Waals surface area (Å²) in [6, 6.07) is 5.97. The lowest BCUT2D eigenvalue weighted by Crippen LogP contribution is -2.16. The van der Waals surface area contributed by atoms with Crippen LogP contribution >= 0.6 is 11.8 Å². The number of hydrogen-bond acceptors (Lipinski definition) is 8. The molecule has 2 N–H and O–H groups in total. The molecule has 2 aromatic rings. The molecule has 2 heterocycles. The van der Waals surface area contributed by atoms with Crippen molar-refractivity contribution in [2.24, 2.45) is 0 Å². The molecule has 0 spiro atoms. The predicted octanol–water partition coefficient (Wildman–Crippen LogP) is 2.53. The van der Waals surface area contributed by atoms with Crippen LogP contribution in [0.3, 0.4) is 0 Å². The fourth-order valence-corrected chi connectivity index (χ4v) is 3.19. The summed E-state index contributed by atoms with van der Waals surface area (Å²) in [4.78, 5) is 15.8. The third kappa shape index (κ3) is 3.81. The number of fused-ring (bicyclic) bond motifs is 1. The molecule has 3 rings (SSSR count). The molecule has 128 valence electrons. The fraction of sp³-hybridized carbons (Fsp3) is 0.438. The van der Waals surface area contributed by atoms with Crippen molar-refractivity contribution in [1.82, 2.24) is 15.0 Å². The predicted molar refractivity (Wildman–Crippen MR) is 94.9 cm³/mol. The van der Waals surface area contributed by atoms with Gasteiger partial charge in [0.05, 0.1) is 18.5 Å². The molecule has 1 aliphatic rings. The maximum Gasteiger partial charge on any atom is 0.229 e. The van der Waals surface area contributed by atoms with Crippen molar-refractivity contribution in [3.63, 3.8) is 0 Å². The Hall–Kier alpha value is -2.22. The molecular weight excluding hydrogens is 326 g/mol. The van der Waals surface area contributed by atoms with Crippen LogP contribution < -0.4 is 20.1 Å². The van der Waals surface area contributed by atoms with Gasteiger partial charge in [0.15, 0.2) is 11.5 Å². The Bertz CT molecular complexity index is 726. The number of aromatic nitrogens is 3. The van der Waals surface area contributed by atoms with Gasteiger partial charge in [0.1, 0.15) is 5.82 Å². The highest BCUT2D eigenvalue weighted by molar-refractivity contribution is 7.99. The molecule has 1 aromatic heterocycles. The van der Waals surface area contributed by atoms with Crippen LogP contribution in [0.25, 0.3) is 0 Å². The second kappa shape index (κ2) is 7.12. The lowest BCUT2D eigenvalue weighted by molar-refractivity contribution is 0.297. The zero-order chi connectivity index (χ0) is 17.1. The van der Waals surface area contributed by atoms with E-state index in [1.165, 1.54) is 0 Å². The van der Waals surface area contributed by atoms with Crippen LogP contribution in [0.2, 0.25) is 0 Å². The van der Waals surface area contributed by atoms with Crippen molar-refractivity contribution >= 4 is 23.7 Å². The van der Waals surface area contributed by atoms with Gasteiger partial charge in [-0.25, -0.2) is 0 Å². The summed E-state index contributed by atoms with van der Waals surface area (Å²) >= 11 is 1.64. The Kier molecular flexibility index (Phi) is 4.94. The zero-order valence-corrected chi connectivity index (χ0v) is 14.8. The van der Waals surface area contributed by atoms with Gasteiger partial charge < -0.3 is 20.1 Å². The fourth-order valence-electron chi connectivity index (χ4n) is 2.25. The van der Waals surface area contributed by atoms with E-state index in [1.807, 2.05) is 44.1 Å². The second-order valence-electron chi connectivity index (χ2n) is 5.67. The van der Waals surface area contributed by atoms with E-state index < -0.39 is 0 Å². The molecular formula is C16H21N5O2S. The topological polar surface area (TPSA) is 86.4 Å². The Labute approximate surface area is 145 Å². The molecule has 1 atom stereocenters. The SMILES string of the molecule is CC(Sc1ccc2c(c1)OCCCO2)c1nc(N)nc(N(C)C)n1. The number of nitrogen functional groups attached to an aromatic ring is 1. The number of ether oxygens (including phenoxy) is 2. The highest BCUT2D eigenvalue weighted by atomic mass is 32.2. The van der Waals surface area contributed by atoms with Crippen molar-refractivity contribution in [2.45, 2.75) is 23.5 Å². The number of rotatable bonds is 4. The molecule has 1 aromatic carbocycles. The summed E-state index contributed by atoms with van der Waals surface area (Å²) in [5.41, 5.74) is 5.80. The average molecular weight is 347 g/mol. The normalized spacial score (nSPS) is 14.8. The number of hydrogen-bond donors (Lipinski definition) is 1. The van der Waals surface area contributed by atoms with Crippen LogP contribution in [0.5, 0.6) is 11.5 Å². The van der Waals surface area contributed by atoms with E-state index in [9.17, 15) is 0 Å². The van der Waals surface area contributed by atoms with Crippen LogP contribution in [-0.4, -0.2) is 42.3 Å². The first-order valence-corrected chi connectivity index (χ1v) is 8.66. The second-order valence-corrected chi connectivity index (χ2v) is 7.08. The highest BCUT2D eigenvalue weighted by Crippen LogP contribution is 2.39. The van der Waals surface area contributed by atoms with Crippen molar-refractivity contribution in [3.05, 3.63) is 24.0 Å². The Morgan fingerprint density at radius 3 is 2.62 bits per heavy atom. The van der Waals surface area contributed by atoms with Crippen LogP contribution in [0.15, 0.2) is 23.1 Å². The molecule has 0 saturated carbocycles. The maximum absolute atomic E-state index is 5.80. The van der Waals surface area contributed by atoms with Crippen LogP contribution in [0, 0.1) is 0 Å². The number of anilines is 2. The largest absolute Gasteiger partial charge is 0.490 e. The van der Waals surface area contributed by atoms with Gasteiger partial charge in [-0.2, -0.15) is 15.0 Å². The molecule has 24 heavy (non-hydrogen) atoms. The smallest absolute Gasteiger partial charge is 0.229 e. The third-order valence-corrected chi connectivity index (χ3v) is 4.54. The van der Waals surface area contributed by atoms with E-state index in [2.05, 4.69) is 15.0 Å². The van der Waals surface area contributed by atoms with E-state index in [1.54, 1.807) is 11.8 Å². The lowest BCUT2D eigenvalue weighted by atomic mass is 10.3. The van der Waals surface area contributed by atoms with Gasteiger partial charge in [-0.15, -0.1) is 11.8 Å². The van der Waals surface area contributed by atoms with E-state index in [0.29, 0.717) is 25.0 Å². The van der Waals surface area contributed by atoms with Crippen molar-refractivity contribution in [1.29, 1.82) is 0 Å². The first-order valence-electron chi connectivity index (χ1n) is 7.78. The zero-order valence-electron chi connectivity index (χ0n) is 14.0. The molecule has 0 fully saturated rings.